The van der Waals surface area contributed by atoms with Crippen molar-refractivity contribution in [2.45, 2.75) is 51.5 Å². The number of aromatic nitrogens is 3. The number of amides is 1. The quantitative estimate of drug-likeness (QED) is 0.509. The average molecular weight is 471 g/mol. The van der Waals surface area contributed by atoms with Crippen LogP contribution in [-0.2, 0) is 14.8 Å². The summed E-state index contributed by atoms with van der Waals surface area (Å²) in [4.78, 5) is 27.5. The maximum absolute atomic E-state index is 13.2. The van der Waals surface area contributed by atoms with Gasteiger partial charge in [0.15, 0.2) is 0 Å². The molecule has 0 unspecified atom stereocenters. The summed E-state index contributed by atoms with van der Waals surface area (Å²) >= 11 is 0. The van der Waals surface area contributed by atoms with E-state index in [0.717, 1.165) is 22.4 Å². The monoisotopic (exact) mass is 470 g/mol. The molecule has 3 heterocycles. The molecule has 10 heteroatoms. The van der Waals surface area contributed by atoms with Crippen LogP contribution in [0.1, 0.15) is 39.2 Å². The van der Waals surface area contributed by atoms with Crippen LogP contribution in [0.3, 0.4) is 0 Å². The van der Waals surface area contributed by atoms with Gasteiger partial charge in [0.1, 0.15) is 17.8 Å². The molecule has 9 nitrogen and oxygen atoms in total. The Labute approximate surface area is 194 Å². The highest BCUT2D eigenvalue weighted by molar-refractivity contribution is 7.89. The number of hydrogen-bond donors (Lipinski definition) is 3. The lowest BCUT2D eigenvalue weighted by molar-refractivity contribution is -0.125. The zero-order valence-electron chi connectivity index (χ0n) is 19.3. The minimum Gasteiger partial charge on any atom is -0.356 e. The first-order valence-corrected chi connectivity index (χ1v) is 12.5. The van der Waals surface area contributed by atoms with Crippen molar-refractivity contribution < 1.29 is 13.2 Å². The van der Waals surface area contributed by atoms with Crippen molar-refractivity contribution in [1.29, 1.82) is 0 Å². The van der Waals surface area contributed by atoms with Gasteiger partial charge in [0, 0.05) is 31.0 Å². The summed E-state index contributed by atoms with van der Waals surface area (Å²) in [6.45, 7) is 8.89. The third kappa shape index (κ3) is 4.72. The molecular weight excluding hydrogens is 440 g/mol. The smallest absolute Gasteiger partial charge is 0.240 e. The molecule has 0 saturated carbocycles. The van der Waals surface area contributed by atoms with Crippen molar-refractivity contribution in [2.24, 2.45) is 5.41 Å². The average Bonchev–Trinajstić information content (AvgIpc) is 3.15. The summed E-state index contributed by atoms with van der Waals surface area (Å²) in [5.41, 5.74) is 1.80. The van der Waals surface area contributed by atoms with Crippen molar-refractivity contribution in [3.05, 3.63) is 42.4 Å². The third-order valence-corrected chi connectivity index (χ3v) is 7.81. The second-order valence-corrected chi connectivity index (χ2v) is 10.9. The van der Waals surface area contributed by atoms with Gasteiger partial charge in [-0.25, -0.2) is 23.1 Å². The SMILES string of the molecule is Cc1c[nH]c2ncnc(N3CCC(C)(C(=O)Nc4cccc(S(=O)(=O)NC(C)C)c4)CC3)c12. The molecule has 33 heavy (non-hydrogen) atoms. The highest BCUT2D eigenvalue weighted by atomic mass is 32.2. The van der Waals surface area contributed by atoms with Gasteiger partial charge >= 0.3 is 0 Å². The van der Waals surface area contributed by atoms with Crippen LogP contribution in [0, 0.1) is 12.3 Å². The predicted octanol–water partition coefficient (Wildman–Crippen LogP) is 3.20. The molecular formula is C23H30N6O3S. The van der Waals surface area contributed by atoms with Crippen LogP contribution in [0.2, 0.25) is 0 Å². The first-order chi connectivity index (χ1) is 15.6. The van der Waals surface area contributed by atoms with Gasteiger partial charge in [0.25, 0.3) is 0 Å². The summed E-state index contributed by atoms with van der Waals surface area (Å²) in [7, 11) is -3.64. The van der Waals surface area contributed by atoms with Crippen LogP contribution < -0.4 is 14.9 Å². The van der Waals surface area contributed by atoms with Crippen LogP contribution in [0.25, 0.3) is 11.0 Å². The number of H-pyrrole nitrogens is 1. The van der Waals surface area contributed by atoms with E-state index in [1.165, 1.54) is 12.1 Å². The number of rotatable bonds is 6. The highest BCUT2D eigenvalue weighted by Crippen LogP contribution is 2.36. The van der Waals surface area contributed by atoms with E-state index in [-0.39, 0.29) is 16.8 Å². The van der Waals surface area contributed by atoms with Crippen molar-refractivity contribution >= 4 is 38.5 Å². The molecule has 0 bridgehead atoms. The topological polar surface area (TPSA) is 120 Å². The fraction of sp³-hybridized carbons (Fsp3) is 0.435. The maximum atomic E-state index is 13.2. The van der Waals surface area contributed by atoms with Gasteiger partial charge in [-0.05, 0) is 57.4 Å². The van der Waals surface area contributed by atoms with E-state index >= 15 is 0 Å². The molecule has 0 spiro atoms. The van der Waals surface area contributed by atoms with Crippen molar-refractivity contribution in [2.75, 3.05) is 23.3 Å². The molecule has 1 aliphatic heterocycles. The van der Waals surface area contributed by atoms with Gasteiger partial charge in [-0.3, -0.25) is 4.79 Å². The number of sulfonamides is 1. The minimum atomic E-state index is -3.64. The van der Waals surface area contributed by atoms with E-state index in [2.05, 4.69) is 29.9 Å². The normalized spacial score (nSPS) is 16.3. The molecule has 0 atom stereocenters. The molecule has 1 fully saturated rings. The maximum Gasteiger partial charge on any atom is 0.240 e. The van der Waals surface area contributed by atoms with Gasteiger partial charge in [-0.2, -0.15) is 0 Å². The second kappa shape index (κ2) is 8.75. The molecule has 1 aromatic carbocycles. The molecule has 3 N–H and O–H groups in total. The predicted molar refractivity (Wildman–Crippen MR) is 129 cm³/mol. The number of carbonyl (C=O) groups is 1. The van der Waals surface area contributed by atoms with Crippen LogP contribution in [0.5, 0.6) is 0 Å². The lowest BCUT2D eigenvalue weighted by Gasteiger charge is -2.39. The molecule has 4 rings (SSSR count). The van der Waals surface area contributed by atoms with E-state index < -0.39 is 15.4 Å². The molecule has 176 valence electrons. The highest BCUT2D eigenvalue weighted by Gasteiger charge is 2.38. The fourth-order valence-corrected chi connectivity index (χ4v) is 5.47. The number of fused-ring (bicyclic) bond motifs is 1. The molecule has 1 saturated heterocycles. The molecule has 0 aliphatic carbocycles. The van der Waals surface area contributed by atoms with Crippen molar-refractivity contribution in [3.8, 4) is 0 Å². The van der Waals surface area contributed by atoms with Crippen LogP contribution in [0.4, 0.5) is 11.5 Å². The number of benzene rings is 1. The largest absolute Gasteiger partial charge is 0.356 e. The van der Waals surface area contributed by atoms with Crippen LogP contribution >= 0.6 is 0 Å². The summed E-state index contributed by atoms with van der Waals surface area (Å²) in [5.74, 6) is 0.774. The summed E-state index contributed by atoms with van der Waals surface area (Å²) in [6.07, 6.45) is 4.79. The number of piperidine rings is 1. The van der Waals surface area contributed by atoms with E-state index in [9.17, 15) is 13.2 Å². The van der Waals surface area contributed by atoms with E-state index in [1.807, 2.05) is 20.0 Å². The Morgan fingerprint density at radius 2 is 1.94 bits per heavy atom. The molecule has 0 radical (unpaired) electrons. The Morgan fingerprint density at radius 1 is 1.21 bits per heavy atom. The van der Waals surface area contributed by atoms with Gasteiger partial charge < -0.3 is 15.2 Å². The Morgan fingerprint density at radius 3 is 2.64 bits per heavy atom. The van der Waals surface area contributed by atoms with E-state index in [0.29, 0.717) is 31.6 Å². The standard InChI is InChI=1S/C23H30N6O3S/c1-15(2)28-33(31,32)18-7-5-6-17(12-18)27-22(30)23(4)8-10-29(11-9-23)21-19-16(3)13-24-20(19)25-14-26-21/h5-7,12-15,28H,8-11H2,1-4H3,(H,27,30)(H,24,25,26). The summed E-state index contributed by atoms with van der Waals surface area (Å²) < 4.78 is 27.5. The Hall–Kier alpha value is -2.98. The number of aryl methyl sites for hydroxylation is 1. The van der Waals surface area contributed by atoms with Crippen LogP contribution in [-0.4, -0.2) is 48.4 Å². The van der Waals surface area contributed by atoms with E-state index in [1.54, 1.807) is 32.3 Å². The number of carbonyl (C=O) groups excluding carboxylic acids is 1. The first kappa shape index (κ1) is 23.2. The lowest BCUT2D eigenvalue weighted by atomic mass is 9.79. The minimum absolute atomic E-state index is 0.112. The van der Waals surface area contributed by atoms with Crippen molar-refractivity contribution in [3.63, 3.8) is 0 Å². The zero-order chi connectivity index (χ0) is 23.8. The number of nitrogens with zero attached hydrogens (tertiary/aromatic N) is 3. The van der Waals surface area contributed by atoms with Crippen molar-refractivity contribution in [1.82, 2.24) is 19.7 Å². The molecule has 1 amide bonds. The van der Waals surface area contributed by atoms with Gasteiger partial charge in [-0.1, -0.05) is 13.0 Å². The number of anilines is 2. The summed E-state index contributed by atoms with van der Waals surface area (Å²) in [6, 6.07) is 6.13. The van der Waals surface area contributed by atoms with Crippen LogP contribution in [0.15, 0.2) is 41.7 Å². The van der Waals surface area contributed by atoms with Gasteiger partial charge in [0.05, 0.1) is 15.7 Å². The second-order valence-electron chi connectivity index (χ2n) is 9.20. The molecule has 2 aromatic heterocycles. The van der Waals surface area contributed by atoms with E-state index in [4.69, 9.17) is 0 Å². The zero-order valence-corrected chi connectivity index (χ0v) is 20.2. The Kier molecular flexibility index (Phi) is 6.15. The number of aromatic amines is 1. The molecule has 3 aromatic rings. The first-order valence-electron chi connectivity index (χ1n) is 11.1. The fourth-order valence-electron chi connectivity index (χ4n) is 4.18. The number of hydrogen-bond acceptors (Lipinski definition) is 6. The van der Waals surface area contributed by atoms with Gasteiger partial charge in [0.2, 0.25) is 15.9 Å². The molecule has 1 aliphatic rings. The van der Waals surface area contributed by atoms with Gasteiger partial charge in [-0.15, -0.1) is 0 Å². The Bertz CT molecular complexity index is 1280. The summed E-state index contributed by atoms with van der Waals surface area (Å²) in [5, 5.41) is 3.94. The lowest BCUT2D eigenvalue weighted by Crippen LogP contribution is -2.45. The third-order valence-electron chi connectivity index (χ3n) is 6.15. The number of nitrogens with one attached hydrogen (secondary N) is 3. The Balaban J connectivity index is 1.46.